The highest BCUT2D eigenvalue weighted by molar-refractivity contribution is 5.96. The Morgan fingerprint density at radius 1 is 1.50 bits per heavy atom. The van der Waals surface area contributed by atoms with Crippen LogP contribution < -0.4 is 5.73 Å². The molecule has 0 aliphatic heterocycles. The highest BCUT2D eigenvalue weighted by Gasteiger charge is 2.18. The third-order valence-electron chi connectivity index (χ3n) is 2.32. The molecule has 5 heteroatoms. The second-order valence-electron chi connectivity index (χ2n) is 3.50. The van der Waals surface area contributed by atoms with Gasteiger partial charge in [-0.25, -0.2) is 4.79 Å². The predicted molar refractivity (Wildman–Crippen MR) is 60.1 cm³/mol. The number of hydrogen-bond acceptors (Lipinski definition) is 3. The number of nitrogen functional groups attached to an aromatic ring is 1. The molecular weight excluding hydrogens is 206 g/mol. The largest absolute Gasteiger partial charge is 0.478 e. The lowest BCUT2D eigenvalue weighted by Crippen LogP contribution is -1.99. The summed E-state index contributed by atoms with van der Waals surface area (Å²) < 4.78 is 0. The van der Waals surface area contributed by atoms with Crippen LogP contribution in [-0.4, -0.2) is 21.3 Å². The van der Waals surface area contributed by atoms with Crippen LogP contribution >= 0.6 is 0 Å². The molecule has 1 heterocycles. The minimum absolute atomic E-state index is 0.186. The molecule has 1 aromatic heterocycles. The van der Waals surface area contributed by atoms with Gasteiger partial charge in [-0.3, -0.25) is 5.10 Å². The van der Waals surface area contributed by atoms with E-state index in [1.807, 2.05) is 0 Å². The summed E-state index contributed by atoms with van der Waals surface area (Å²) in [6.07, 6.45) is 0. The lowest BCUT2D eigenvalue weighted by atomic mass is 10.1. The maximum Gasteiger partial charge on any atom is 0.339 e. The van der Waals surface area contributed by atoms with Gasteiger partial charge in [0.25, 0.3) is 0 Å². The number of aromatic nitrogens is 2. The molecule has 0 saturated heterocycles. The van der Waals surface area contributed by atoms with Crippen LogP contribution in [0.15, 0.2) is 24.3 Å². The summed E-state index contributed by atoms with van der Waals surface area (Å²) in [5.41, 5.74) is 8.05. The molecule has 0 saturated carbocycles. The zero-order chi connectivity index (χ0) is 11.7. The summed E-state index contributed by atoms with van der Waals surface area (Å²) in [7, 11) is 0. The van der Waals surface area contributed by atoms with Crippen molar-refractivity contribution in [1.82, 2.24) is 10.2 Å². The molecule has 1 aromatic carbocycles. The van der Waals surface area contributed by atoms with Gasteiger partial charge in [-0.05, 0) is 19.1 Å². The zero-order valence-corrected chi connectivity index (χ0v) is 8.69. The van der Waals surface area contributed by atoms with Gasteiger partial charge in [-0.2, -0.15) is 5.10 Å². The number of aryl methyl sites for hydroxylation is 1. The number of benzene rings is 1. The third kappa shape index (κ3) is 1.63. The molecule has 82 valence electrons. The van der Waals surface area contributed by atoms with Gasteiger partial charge in [0.05, 0.1) is 0 Å². The molecule has 0 spiro atoms. The first-order valence-corrected chi connectivity index (χ1v) is 4.73. The van der Waals surface area contributed by atoms with Gasteiger partial charge < -0.3 is 10.8 Å². The SMILES string of the molecule is Cc1[nH]nc(-c2cccc(N)c2)c1C(=O)O. The Morgan fingerprint density at radius 3 is 2.88 bits per heavy atom. The van der Waals surface area contributed by atoms with Gasteiger partial charge in [-0.15, -0.1) is 0 Å². The van der Waals surface area contributed by atoms with Crippen LogP contribution in [-0.2, 0) is 0 Å². The number of nitrogens with two attached hydrogens (primary N) is 1. The van der Waals surface area contributed by atoms with Crippen molar-refractivity contribution in [3.8, 4) is 11.3 Å². The predicted octanol–water partition coefficient (Wildman–Crippen LogP) is 1.67. The topological polar surface area (TPSA) is 92.0 Å². The van der Waals surface area contributed by atoms with Crippen molar-refractivity contribution in [2.24, 2.45) is 0 Å². The normalized spacial score (nSPS) is 10.3. The quantitative estimate of drug-likeness (QED) is 0.667. The maximum atomic E-state index is 11.1. The van der Waals surface area contributed by atoms with Crippen LogP contribution in [0.4, 0.5) is 5.69 Å². The zero-order valence-electron chi connectivity index (χ0n) is 8.69. The van der Waals surface area contributed by atoms with E-state index in [1.54, 1.807) is 31.2 Å². The molecule has 4 N–H and O–H groups in total. The first kappa shape index (κ1) is 10.2. The third-order valence-corrected chi connectivity index (χ3v) is 2.32. The number of aromatic carboxylic acids is 1. The number of hydrogen-bond donors (Lipinski definition) is 3. The van der Waals surface area contributed by atoms with Crippen molar-refractivity contribution in [2.45, 2.75) is 6.92 Å². The molecule has 5 nitrogen and oxygen atoms in total. The highest BCUT2D eigenvalue weighted by Crippen LogP contribution is 2.24. The lowest BCUT2D eigenvalue weighted by Gasteiger charge is -2.00. The second-order valence-corrected chi connectivity index (χ2v) is 3.50. The van der Waals surface area contributed by atoms with Crippen molar-refractivity contribution < 1.29 is 9.90 Å². The smallest absolute Gasteiger partial charge is 0.339 e. The molecular formula is C11H11N3O2. The van der Waals surface area contributed by atoms with Crippen LogP contribution in [0.1, 0.15) is 16.1 Å². The number of carboxylic acid groups (broad SMARTS) is 1. The van der Waals surface area contributed by atoms with Crippen LogP contribution in [0.25, 0.3) is 11.3 Å². The van der Waals surface area contributed by atoms with Gasteiger partial charge in [0.2, 0.25) is 0 Å². The molecule has 0 radical (unpaired) electrons. The van der Waals surface area contributed by atoms with Crippen molar-refractivity contribution in [3.05, 3.63) is 35.5 Å². The van der Waals surface area contributed by atoms with E-state index in [1.165, 1.54) is 0 Å². The minimum atomic E-state index is -0.997. The molecule has 2 rings (SSSR count). The highest BCUT2D eigenvalue weighted by atomic mass is 16.4. The first-order valence-electron chi connectivity index (χ1n) is 4.73. The second kappa shape index (κ2) is 3.69. The van der Waals surface area contributed by atoms with E-state index in [0.29, 0.717) is 22.6 Å². The lowest BCUT2D eigenvalue weighted by molar-refractivity contribution is 0.0697. The van der Waals surface area contributed by atoms with Crippen LogP contribution in [0, 0.1) is 6.92 Å². The Labute approximate surface area is 91.9 Å². The molecule has 0 unspecified atom stereocenters. The number of nitrogens with zero attached hydrogens (tertiary/aromatic N) is 1. The van der Waals surface area contributed by atoms with Gasteiger partial charge in [0.15, 0.2) is 0 Å². The van der Waals surface area contributed by atoms with Crippen LogP contribution in [0.5, 0.6) is 0 Å². The molecule has 0 fully saturated rings. The van der Waals surface area contributed by atoms with Crippen molar-refractivity contribution in [3.63, 3.8) is 0 Å². The van der Waals surface area contributed by atoms with Gasteiger partial charge >= 0.3 is 5.97 Å². The van der Waals surface area contributed by atoms with Gasteiger partial charge in [-0.1, -0.05) is 12.1 Å². The molecule has 0 amide bonds. The molecule has 0 aliphatic carbocycles. The van der Waals surface area contributed by atoms with E-state index in [9.17, 15) is 4.79 Å². The molecule has 0 aliphatic rings. The molecule has 0 bridgehead atoms. The monoisotopic (exact) mass is 217 g/mol. The summed E-state index contributed by atoms with van der Waals surface area (Å²) in [5, 5.41) is 15.7. The number of rotatable bonds is 2. The number of carboxylic acids is 1. The van der Waals surface area contributed by atoms with E-state index in [-0.39, 0.29) is 5.56 Å². The average molecular weight is 217 g/mol. The fourth-order valence-electron chi connectivity index (χ4n) is 1.59. The van der Waals surface area contributed by atoms with Crippen LogP contribution in [0.3, 0.4) is 0 Å². The molecule has 16 heavy (non-hydrogen) atoms. The fraction of sp³-hybridized carbons (Fsp3) is 0.0909. The van der Waals surface area contributed by atoms with E-state index < -0.39 is 5.97 Å². The van der Waals surface area contributed by atoms with Gasteiger partial charge in [0.1, 0.15) is 11.3 Å². The summed E-state index contributed by atoms with van der Waals surface area (Å²) in [5.74, 6) is -0.997. The van der Waals surface area contributed by atoms with E-state index in [4.69, 9.17) is 10.8 Å². The van der Waals surface area contributed by atoms with Crippen molar-refractivity contribution in [1.29, 1.82) is 0 Å². The number of nitrogens with one attached hydrogen (secondary N) is 1. The number of aromatic amines is 1. The summed E-state index contributed by atoms with van der Waals surface area (Å²) in [6, 6.07) is 6.98. The van der Waals surface area contributed by atoms with E-state index >= 15 is 0 Å². The van der Waals surface area contributed by atoms with Crippen LogP contribution in [0.2, 0.25) is 0 Å². The number of carbonyl (C=O) groups is 1. The average Bonchev–Trinajstić information content (AvgIpc) is 2.60. The van der Waals surface area contributed by atoms with Crippen molar-refractivity contribution in [2.75, 3.05) is 5.73 Å². The Bertz CT molecular complexity index is 546. The van der Waals surface area contributed by atoms with Gasteiger partial charge in [0, 0.05) is 16.9 Å². The Hall–Kier alpha value is -2.30. The maximum absolute atomic E-state index is 11.1. The van der Waals surface area contributed by atoms with E-state index in [2.05, 4.69) is 10.2 Å². The summed E-state index contributed by atoms with van der Waals surface area (Å²) in [6.45, 7) is 1.67. The minimum Gasteiger partial charge on any atom is -0.478 e. The Morgan fingerprint density at radius 2 is 2.25 bits per heavy atom. The standard InChI is InChI=1S/C11H11N3O2/c1-6-9(11(15)16)10(14-13-6)7-3-2-4-8(12)5-7/h2-5H,12H2,1H3,(H,13,14)(H,15,16). The number of H-pyrrole nitrogens is 1. The summed E-state index contributed by atoms with van der Waals surface area (Å²) >= 11 is 0. The summed E-state index contributed by atoms with van der Waals surface area (Å²) in [4.78, 5) is 11.1. The Kier molecular flexibility index (Phi) is 2.36. The number of anilines is 1. The molecule has 0 atom stereocenters. The van der Waals surface area contributed by atoms with E-state index in [0.717, 1.165) is 0 Å². The fourth-order valence-corrected chi connectivity index (χ4v) is 1.59. The van der Waals surface area contributed by atoms with Crippen molar-refractivity contribution >= 4 is 11.7 Å². The Balaban J connectivity index is 2.60. The molecule has 2 aromatic rings. The first-order chi connectivity index (χ1) is 7.59.